The maximum Gasteiger partial charge on any atom is 0.00706 e. The van der Waals surface area contributed by atoms with Gasteiger partial charge in [0.25, 0.3) is 0 Å². The summed E-state index contributed by atoms with van der Waals surface area (Å²) < 4.78 is 0. The van der Waals surface area contributed by atoms with Crippen molar-refractivity contribution in [2.45, 2.75) is 31.7 Å². The van der Waals surface area contributed by atoms with Gasteiger partial charge < -0.3 is 0 Å². The summed E-state index contributed by atoms with van der Waals surface area (Å²) in [6.45, 7) is 2.39. The highest BCUT2D eigenvalue weighted by Gasteiger charge is 2.17. The van der Waals surface area contributed by atoms with Crippen molar-refractivity contribution in [1.82, 2.24) is 0 Å². The molecule has 1 rings (SSSR count). The highest BCUT2D eigenvalue weighted by molar-refractivity contribution is 6.11. The van der Waals surface area contributed by atoms with Gasteiger partial charge in [-0.25, -0.2) is 0 Å². The van der Waals surface area contributed by atoms with Crippen LogP contribution in [0.4, 0.5) is 0 Å². The van der Waals surface area contributed by atoms with E-state index in [-0.39, 0.29) is 0 Å². The second-order valence-corrected chi connectivity index (χ2v) is 4.37. The normalized spacial score (nSPS) is 42.4. The van der Waals surface area contributed by atoms with Crippen molar-refractivity contribution in [3.05, 3.63) is 0 Å². The third-order valence-corrected chi connectivity index (χ3v) is 4.01. The van der Waals surface area contributed by atoms with E-state index >= 15 is 0 Å². The zero-order valence-corrected chi connectivity index (χ0v) is 7.28. The molecule has 0 aromatic carbocycles. The van der Waals surface area contributed by atoms with Gasteiger partial charge in [-0.1, -0.05) is 31.7 Å². The Balaban J connectivity index is 2.33. The Morgan fingerprint density at radius 2 is 2.14 bits per heavy atom. The van der Waals surface area contributed by atoms with Gasteiger partial charge >= 0.3 is 0 Å². The Morgan fingerprint density at radius 1 is 1.43 bits per heavy atom. The van der Waals surface area contributed by atoms with E-state index in [4.69, 9.17) is 0 Å². The minimum absolute atomic E-state index is 1.08. The molecule has 0 heterocycles. The van der Waals surface area contributed by atoms with Crippen LogP contribution in [-0.2, 0) is 0 Å². The molecule has 0 aromatic heterocycles. The summed E-state index contributed by atoms with van der Waals surface area (Å²) in [6.07, 6.45) is 4.55. The highest BCUT2D eigenvalue weighted by Crippen LogP contribution is 2.32. The lowest BCUT2D eigenvalue weighted by molar-refractivity contribution is 0.611. The first-order valence-electron chi connectivity index (χ1n) is 3.30. The van der Waals surface area contributed by atoms with E-state index in [1.165, 1.54) is 29.5 Å². The molecule has 0 aliphatic heterocycles. The molecule has 1 heteroatoms. The van der Waals surface area contributed by atoms with E-state index in [0.717, 1.165) is 11.5 Å². The van der Waals surface area contributed by atoms with Crippen LogP contribution in [0.5, 0.6) is 0 Å². The van der Waals surface area contributed by atoms with Gasteiger partial charge in [0.1, 0.15) is 0 Å². The topological polar surface area (TPSA) is 0 Å². The van der Waals surface area contributed by atoms with Gasteiger partial charge in [-0.2, -0.15) is 0 Å². The van der Waals surface area contributed by atoms with Crippen LogP contribution in [-0.4, -0.2) is 10.2 Å². The lowest BCUT2D eigenvalue weighted by atomic mass is 10.1. The predicted molar refractivity (Wildman–Crippen MR) is 36.7 cm³/mol. The van der Waals surface area contributed by atoms with E-state index in [1.54, 1.807) is 0 Å². The smallest absolute Gasteiger partial charge is 0.00706 e. The largest absolute Gasteiger partial charge is 0.0625 e. The fourth-order valence-corrected chi connectivity index (χ4v) is 2.07. The molecule has 2 atom stereocenters. The molecule has 0 unspecified atom stereocenters. The fraction of sp³-hybridized carbons (Fsp3) is 1.00. The molecule has 1 fully saturated rings. The van der Waals surface area contributed by atoms with Gasteiger partial charge in [-0.3, -0.25) is 0 Å². The lowest BCUT2D eigenvalue weighted by Crippen LogP contribution is -1.93. The second-order valence-electron chi connectivity index (χ2n) is 2.89. The van der Waals surface area contributed by atoms with Crippen LogP contribution in [0, 0.1) is 5.92 Å². The van der Waals surface area contributed by atoms with E-state index in [0.29, 0.717) is 0 Å². The van der Waals surface area contributed by atoms with Crippen molar-refractivity contribution in [3.63, 3.8) is 0 Å². The Morgan fingerprint density at radius 3 is 2.29 bits per heavy atom. The first-order valence-corrected chi connectivity index (χ1v) is 4.46. The summed E-state index contributed by atoms with van der Waals surface area (Å²) in [7, 11) is 1.44. The zero-order valence-electron chi connectivity index (χ0n) is 5.28. The van der Waals surface area contributed by atoms with Crippen LogP contribution in [0.3, 0.4) is 0 Å². The third-order valence-electron chi connectivity index (χ3n) is 2.29. The molecule has 1 aliphatic carbocycles. The molecule has 0 saturated heterocycles. The molecule has 0 N–H and O–H groups in total. The summed E-state index contributed by atoms with van der Waals surface area (Å²) in [6, 6.07) is 0. The number of rotatable bonds is 0. The Labute approximate surface area is 48.7 Å². The van der Waals surface area contributed by atoms with E-state index in [2.05, 4.69) is 6.92 Å². The Bertz CT molecular complexity index is 53.2. The summed E-state index contributed by atoms with van der Waals surface area (Å²) in [5, 5.41) is 0. The molecule has 0 spiro atoms. The molecular formula is C6H14Si. The predicted octanol–water partition coefficient (Wildman–Crippen LogP) is 0.960. The SMILES string of the molecule is C[C@@H]1CCC[C@H]1[SiH3]. The maximum atomic E-state index is 2.39. The van der Waals surface area contributed by atoms with E-state index in [9.17, 15) is 0 Å². The van der Waals surface area contributed by atoms with Gasteiger partial charge in [0.2, 0.25) is 0 Å². The van der Waals surface area contributed by atoms with Crippen LogP contribution in [0.15, 0.2) is 0 Å². The van der Waals surface area contributed by atoms with Crippen LogP contribution in [0.2, 0.25) is 5.54 Å². The van der Waals surface area contributed by atoms with Gasteiger partial charge in [-0.15, -0.1) is 0 Å². The first kappa shape index (κ1) is 5.36. The Hall–Kier alpha value is 0.217. The fourth-order valence-electron chi connectivity index (χ4n) is 1.33. The lowest BCUT2D eigenvalue weighted by Gasteiger charge is -2.04. The van der Waals surface area contributed by atoms with Gasteiger partial charge in [0.15, 0.2) is 0 Å². The average Bonchev–Trinajstić information content (AvgIpc) is 1.91. The summed E-state index contributed by atoms with van der Waals surface area (Å²) in [5.41, 5.74) is 1.15. The van der Waals surface area contributed by atoms with Crippen molar-refractivity contribution < 1.29 is 0 Å². The summed E-state index contributed by atoms with van der Waals surface area (Å²) in [5.74, 6) is 1.08. The quantitative estimate of drug-likeness (QED) is 0.411. The average molecular weight is 114 g/mol. The maximum absolute atomic E-state index is 2.39. The molecular weight excluding hydrogens is 100 g/mol. The van der Waals surface area contributed by atoms with Crippen LogP contribution in [0.25, 0.3) is 0 Å². The summed E-state index contributed by atoms with van der Waals surface area (Å²) in [4.78, 5) is 0. The first-order chi connectivity index (χ1) is 3.30. The zero-order chi connectivity index (χ0) is 5.28. The molecule has 0 radical (unpaired) electrons. The molecule has 1 aliphatic rings. The van der Waals surface area contributed by atoms with Gasteiger partial charge in [0, 0.05) is 10.2 Å². The third kappa shape index (κ3) is 1.06. The molecule has 0 amide bonds. The van der Waals surface area contributed by atoms with Crippen molar-refractivity contribution in [3.8, 4) is 0 Å². The summed E-state index contributed by atoms with van der Waals surface area (Å²) >= 11 is 0. The van der Waals surface area contributed by atoms with Crippen molar-refractivity contribution in [1.29, 1.82) is 0 Å². The van der Waals surface area contributed by atoms with Crippen molar-refractivity contribution in [2.75, 3.05) is 0 Å². The Kier molecular flexibility index (Phi) is 1.52. The molecule has 0 nitrogen and oxygen atoms in total. The van der Waals surface area contributed by atoms with Gasteiger partial charge in [-0.05, 0) is 5.92 Å². The second kappa shape index (κ2) is 1.99. The number of hydrogen-bond acceptors (Lipinski definition) is 0. The minimum Gasteiger partial charge on any atom is -0.0625 e. The molecule has 0 aromatic rings. The van der Waals surface area contributed by atoms with E-state index < -0.39 is 0 Å². The van der Waals surface area contributed by atoms with E-state index in [1.807, 2.05) is 0 Å². The molecule has 7 heavy (non-hydrogen) atoms. The highest BCUT2D eigenvalue weighted by atomic mass is 28.1. The number of hydrogen-bond donors (Lipinski definition) is 0. The van der Waals surface area contributed by atoms with Gasteiger partial charge in [0.05, 0.1) is 0 Å². The molecule has 0 bridgehead atoms. The molecule has 1 saturated carbocycles. The monoisotopic (exact) mass is 114 g/mol. The van der Waals surface area contributed by atoms with Crippen molar-refractivity contribution >= 4 is 10.2 Å². The van der Waals surface area contributed by atoms with Crippen molar-refractivity contribution in [2.24, 2.45) is 5.92 Å². The standard InChI is InChI=1S/C6H14Si/c1-5-3-2-4-6(5)7/h5-6H,2-4H2,1,7H3/t5-,6-/m1/s1. The molecule has 42 valence electrons. The van der Waals surface area contributed by atoms with Crippen LogP contribution < -0.4 is 0 Å². The minimum atomic E-state index is 1.08. The van der Waals surface area contributed by atoms with Crippen LogP contribution in [0.1, 0.15) is 26.2 Å². The van der Waals surface area contributed by atoms with Crippen LogP contribution >= 0.6 is 0 Å².